The molecule has 2 heterocycles. The summed E-state index contributed by atoms with van der Waals surface area (Å²) < 4.78 is 6.23. The van der Waals surface area contributed by atoms with E-state index in [2.05, 4.69) is 19.8 Å². The lowest BCUT2D eigenvalue weighted by Gasteiger charge is -2.06. The van der Waals surface area contributed by atoms with E-state index in [1.807, 2.05) is 13.8 Å². The van der Waals surface area contributed by atoms with Crippen LogP contribution in [0.1, 0.15) is 30.4 Å². The van der Waals surface area contributed by atoms with E-state index < -0.39 is 5.97 Å². The maximum Gasteiger partial charge on any atom is 0.360 e. The second-order valence-electron chi connectivity index (χ2n) is 3.86. The Morgan fingerprint density at radius 2 is 2.00 bits per heavy atom. The highest BCUT2D eigenvalue weighted by molar-refractivity contribution is 6.35. The number of halogens is 2. The molecule has 0 radical (unpaired) electrons. The Morgan fingerprint density at radius 1 is 1.33 bits per heavy atom. The zero-order valence-corrected chi connectivity index (χ0v) is 11.5. The van der Waals surface area contributed by atoms with Crippen LogP contribution in [0.4, 0.5) is 0 Å². The average Bonchev–Trinajstić information content (AvgIpc) is 2.67. The summed E-state index contributed by atoms with van der Waals surface area (Å²) >= 11 is 11.8. The molecule has 0 N–H and O–H groups in total. The second kappa shape index (κ2) is 4.70. The number of aromatic nitrogens is 4. The van der Waals surface area contributed by atoms with Crippen LogP contribution in [0.15, 0.2) is 0 Å². The first-order valence-corrected chi connectivity index (χ1v) is 5.90. The maximum absolute atomic E-state index is 11.6. The van der Waals surface area contributed by atoms with Crippen LogP contribution >= 0.6 is 23.2 Å². The lowest BCUT2D eigenvalue weighted by molar-refractivity contribution is 0.0594. The van der Waals surface area contributed by atoms with Crippen LogP contribution in [-0.2, 0) is 4.74 Å². The second-order valence-corrected chi connectivity index (χ2v) is 4.56. The van der Waals surface area contributed by atoms with Crippen LogP contribution in [0.5, 0.6) is 0 Å². The summed E-state index contributed by atoms with van der Waals surface area (Å²) in [7, 11) is 1.27. The molecule has 0 saturated heterocycles. The van der Waals surface area contributed by atoms with Gasteiger partial charge in [0, 0.05) is 6.04 Å². The molecule has 2 rings (SSSR count). The van der Waals surface area contributed by atoms with E-state index in [-0.39, 0.29) is 22.2 Å². The Kier molecular flexibility index (Phi) is 3.41. The molecule has 0 bridgehead atoms. The number of hydrogen-bond acceptors (Lipinski definition) is 5. The van der Waals surface area contributed by atoms with Gasteiger partial charge in [0.15, 0.2) is 10.8 Å². The summed E-state index contributed by atoms with van der Waals surface area (Å²) in [5.74, 6) is -0.592. The minimum atomic E-state index is -0.592. The summed E-state index contributed by atoms with van der Waals surface area (Å²) in [6.07, 6.45) is 0. The zero-order valence-electron chi connectivity index (χ0n) is 9.94. The van der Waals surface area contributed by atoms with E-state index in [9.17, 15) is 4.79 Å². The fraction of sp³-hybridized carbons (Fsp3) is 0.400. The number of hydrogen-bond donors (Lipinski definition) is 0. The number of nitrogens with zero attached hydrogens (tertiary/aromatic N) is 4. The Labute approximate surface area is 113 Å². The first-order chi connectivity index (χ1) is 8.45. The van der Waals surface area contributed by atoms with Crippen molar-refractivity contribution in [1.82, 2.24) is 19.7 Å². The number of fused-ring (bicyclic) bond motifs is 1. The van der Waals surface area contributed by atoms with E-state index in [1.165, 1.54) is 7.11 Å². The molecule has 0 fully saturated rings. The predicted molar refractivity (Wildman–Crippen MR) is 67.1 cm³/mol. The maximum atomic E-state index is 11.6. The standard InChI is InChI=1S/C10H10Cl2N4O2/c1-4(2)16-7-5(6(15-16)9(17)18-3)13-10(12)14-8(7)11/h4H,1-3H3. The van der Waals surface area contributed by atoms with Gasteiger partial charge in [-0.1, -0.05) is 11.6 Å². The largest absolute Gasteiger partial charge is 0.464 e. The van der Waals surface area contributed by atoms with Crippen molar-refractivity contribution in [3.05, 3.63) is 16.1 Å². The third kappa shape index (κ3) is 2.02. The van der Waals surface area contributed by atoms with Crippen LogP contribution in [0.3, 0.4) is 0 Å². The van der Waals surface area contributed by atoms with Crippen molar-refractivity contribution in [2.75, 3.05) is 7.11 Å². The molecule has 2 aromatic heterocycles. The fourth-order valence-corrected chi connectivity index (χ4v) is 2.05. The highest BCUT2D eigenvalue weighted by Gasteiger charge is 2.23. The molecule has 0 aliphatic carbocycles. The molecule has 0 amide bonds. The molecule has 6 nitrogen and oxygen atoms in total. The number of carbonyl (C=O) groups excluding carboxylic acids is 1. The summed E-state index contributed by atoms with van der Waals surface area (Å²) in [6.45, 7) is 3.80. The fourth-order valence-electron chi connectivity index (χ4n) is 1.58. The van der Waals surface area contributed by atoms with Gasteiger partial charge in [0.25, 0.3) is 0 Å². The van der Waals surface area contributed by atoms with Gasteiger partial charge in [0.05, 0.1) is 7.11 Å². The first-order valence-electron chi connectivity index (χ1n) is 5.15. The van der Waals surface area contributed by atoms with Crippen LogP contribution in [0, 0.1) is 0 Å². The SMILES string of the molecule is COC(=O)c1nn(C(C)C)c2c(Cl)nc(Cl)nc12. The number of methoxy groups -OCH3 is 1. The van der Waals surface area contributed by atoms with E-state index in [0.29, 0.717) is 11.0 Å². The lowest BCUT2D eigenvalue weighted by Crippen LogP contribution is -2.07. The van der Waals surface area contributed by atoms with Gasteiger partial charge in [-0.15, -0.1) is 0 Å². The Hall–Kier alpha value is -1.40. The molecule has 96 valence electrons. The van der Waals surface area contributed by atoms with Gasteiger partial charge in [-0.3, -0.25) is 4.68 Å². The van der Waals surface area contributed by atoms with E-state index in [4.69, 9.17) is 23.2 Å². The minimum Gasteiger partial charge on any atom is -0.464 e. The summed E-state index contributed by atoms with van der Waals surface area (Å²) in [5.41, 5.74) is 0.837. The molecule has 0 unspecified atom stereocenters. The first kappa shape index (κ1) is 13.0. The summed E-state index contributed by atoms with van der Waals surface area (Å²) in [5, 5.41) is 4.27. The summed E-state index contributed by atoms with van der Waals surface area (Å²) in [4.78, 5) is 19.5. The zero-order chi connectivity index (χ0) is 13.4. The monoisotopic (exact) mass is 288 g/mol. The number of rotatable bonds is 2. The van der Waals surface area contributed by atoms with Crippen molar-refractivity contribution in [1.29, 1.82) is 0 Å². The van der Waals surface area contributed by atoms with Crippen LogP contribution in [0.25, 0.3) is 11.0 Å². The minimum absolute atomic E-state index is 0.00631. The smallest absolute Gasteiger partial charge is 0.360 e. The van der Waals surface area contributed by atoms with Crippen LogP contribution < -0.4 is 0 Å². The third-order valence-electron chi connectivity index (χ3n) is 2.34. The molecule has 0 aromatic carbocycles. The third-order valence-corrected chi connectivity index (χ3v) is 2.78. The van der Waals surface area contributed by atoms with Gasteiger partial charge < -0.3 is 4.74 Å². The number of carbonyl (C=O) groups is 1. The lowest BCUT2D eigenvalue weighted by atomic mass is 10.3. The van der Waals surface area contributed by atoms with Gasteiger partial charge in [0.2, 0.25) is 5.28 Å². The average molecular weight is 289 g/mol. The molecule has 0 atom stereocenters. The quantitative estimate of drug-likeness (QED) is 0.482. The molecule has 0 spiro atoms. The van der Waals surface area contributed by atoms with E-state index in [0.717, 1.165) is 0 Å². The van der Waals surface area contributed by atoms with Crippen molar-refractivity contribution in [2.45, 2.75) is 19.9 Å². The molecule has 8 heteroatoms. The van der Waals surface area contributed by atoms with Gasteiger partial charge in [0.1, 0.15) is 11.0 Å². The van der Waals surface area contributed by atoms with Gasteiger partial charge in [-0.25, -0.2) is 14.8 Å². The van der Waals surface area contributed by atoms with E-state index in [1.54, 1.807) is 4.68 Å². The van der Waals surface area contributed by atoms with Crippen molar-refractivity contribution < 1.29 is 9.53 Å². The van der Waals surface area contributed by atoms with Gasteiger partial charge in [-0.2, -0.15) is 5.10 Å². The Bertz CT molecular complexity index is 624. The van der Waals surface area contributed by atoms with Crippen molar-refractivity contribution in [3.63, 3.8) is 0 Å². The van der Waals surface area contributed by atoms with Crippen LogP contribution in [0.2, 0.25) is 10.4 Å². The molecular formula is C10H10Cl2N4O2. The van der Waals surface area contributed by atoms with Crippen molar-refractivity contribution in [2.24, 2.45) is 0 Å². The number of ether oxygens (including phenoxy) is 1. The Balaban J connectivity index is 2.85. The highest BCUT2D eigenvalue weighted by Crippen LogP contribution is 2.27. The summed E-state index contributed by atoms with van der Waals surface area (Å²) in [6, 6.07) is -0.00631. The van der Waals surface area contributed by atoms with Gasteiger partial charge in [-0.05, 0) is 25.4 Å². The predicted octanol–water partition coefficient (Wildman–Crippen LogP) is 2.50. The van der Waals surface area contributed by atoms with Crippen molar-refractivity contribution >= 4 is 40.2 Å². The van der Waals surface area contributed by atoms with Gasteiger partial charge >= 0.3 is 5.97 Å². The molecule has 0 aliphatic heterocycles. The van der Waals surface area contributed by atoms with Crippen molar-refractivity contribution in [3.8, 4) is 0 Å². The molecule has 2 aromatic rings. The van der Waals surface area contributed by atoms with Crippen LogP contribution in [-0.4, -0.2) is 32.8 Å². The topological polar surface area (TPSA) is 69.9 Å². The van der Waals surface area contributed by atoms with E-state index >= 15 is 0 Å². The molecule has 18 heavy (non-hydrogen) atoms. The molecule has 0 saturated carbocycles. The molecule has 0 aliphatic rings. The normalized spacial score (nSPS) is 11.2. The Morgan fingerprint density at radius 3 is 2.56 bits per heavy atom. The molecular weight excluding hydrogens is 279 g/mol. The number of esters is 1. The highest BCUT2D eigenvalue weighted by atomic mass is 35.5.